The average molecular weight is 250 g/mol. The van der Waals surface area contributed by atoms with Crippen molar-refractivity contribution in [2.45, 2.75) is 33.2 Å². The Morgan fingerprint density at radius 3 is 2.89 bits per heavy atom. The molecule has 5 nitrogen and oxygen atoms in total. The summed E-state index contributed by atoms with van der Waals surface area (Å²) in [5, 5.41) is 3.41. The molecule has 0 spiro atoms. The molecule has 18 heavy (non-hydrogen) atoms. The summed E-state index contributed by atoms with van der Waals surface area (Å²) in [5.41, 5.74) is 0.0581. The van der Waals surface area contributed by atoms with Gasteiger partial charge in [0.25, 0.3) is 0 Å². The van der Waals surface area contributed by atoms with E-state index in [0.29, 0.717) is 12.5 Å². The minimum atomic E-state index is 0.0581. The zero-order chi connectivity index (χ0) is 13.2. The molecule has 0 bridgehead atoms. The van der Waals surface area contributed by atoms with Crippen molar-refractivity contribution in [3.63, 3.8) is 0 Å². The van der Waals surface area contributed by atoms with Crippen molar-refractivity contribution in [3.8, 4) is 5.88 Å². The van der Waals surface area contributed by atoms with E-state index in [1.165, 1.54) is 0 Å². The first-order valence-electron chi connectivity index (χ1n) is 6.50. The Labute approximate surface area is 109 Å². The number of anilines is 1. The van der Waals surface area contributed by atoms with Crippen LogP contribution in [0.2, 0.25) is 0 Å². The number of hydrogen-bond donors (Lipinski definition) is 1. The zero-order valence-electron chi connectivity index (χ0n) is 11.7. The van der Waals surface area contributed by atoms with Gasteiger partial charge in [0.1, 0.15) is 11.6 Å². The third-order valence-electron chi connectivity index (χ3n) is 3.17. The van der Waals surface area contributed by atoms with E-state index in [-0.39, 0.29) is 5.54 Å². The maximum Gasteiger partial charge on any atom is 0.218 e. The van der Waals surface area contributed by atoms with Crippen molar-refractivity contribution in [2.24, 2.45) is 0 Å². The standard InChI is InChI=1S/C13H22N4O/c1-5-18-12-8-11(15-10(2)16-12)17-7-6-14-9-13(17,3)4/h8,14H,5-7,9H2,1-4H3. The minimum absolute atomic E-state index is 0.0581. The van der Waals surface area contributed by atoms with Gasteiger partial charge in [-0.1, -0.05) is 0 Å². The van der Waals surface area contributed by atoms with E-state index >= 15 is 0 Å². The molecule has 1 aromatic heterocycles. The Hall–Kier alpha value is -1.36. The molecule has 0 aromatic carbocycles. The Bertz CT molecular complexity index is 419. The van der Waals surface area contributed by atoms with Gasteiger partial charge < -0.3 is 15.0 Å². The molecule has 0 aliphatic carbocycles. The predicted octanol–water partition coefficient (Wildman–Crippen LogP) is 1.37. The number of hydrogen-bond acceptors (Lipinski definition) is 5. The average Bonchev–Trinajstić information content (AvgIpc) is 2.27. The van der Waals surface area contributed by atoms with Crippen LogP contribution in [-0.4, -0.2) is 41.7 Å². The van der Waals surface area contributed by atoms with Gasteiger partial charge in [0.2, 0.25) is 5.88 Å². The molecule has 2 rings (SSSR count). The Balaban J connectivity index is 2.31. The summed E-state index contributed by atoms with van der Waals surface area (Å²) in [6, 6.07) is 1.93. The lowest BCUT2D eigenvalue weighted by molar-refractivity contribution is 0.324. The molecular formula is C13H22N4O. The van der Waals surface area contributed by atoms with Gasteiger partial charge in [-0.2, -0.15) is 4.98 Å². The van der Waals surface area contributed by atoms with E-state index in [4.69, 9.17) is 4.74 Å². The molecule has 0 unspecified atom stereocenters. The molecule has 0 saturated carbocycles. The number of ether oxygens (including phenoxy) is 1. The first-order chi connectivity index (χ1) is 8.53. The first-order valence-corrected chi connectivity index (χ1v) is 6.50. The van der Waals surface area contributed by atoms with Crippen LogP contribution in [0.3, 0.4) is 0 Å². The molecule has 1 aliphatic rings. The van der Waals surface area contributed by atoms with Crippen LogP contribution in [-0.2, 0) is 0 Å². The van der Waals surface area contributed by atoms with Gasteiger partial charge in [-0.25, -0.2) is 4.98 Å². The third-order valence-corrected chi connectivity index (χ3v) is 3.17. The fourth-order valence-electron chi connectivity index (χ4n) is 2.29. The highest BCUT2D eigenvalue weighted by Gasteiger charge is 2.31. The van der Waals surface area contributed by atoms with Gasteiger partial charge in [0.05, 0.1) is 6.61 Å². The van der Waals surface area contributed by atoms with Crippen LogP contribution in [0, 0.1) is 6.92 Å². The quantitative estimate of drug-likeness (QED) is 0.878. The summed E-state index contributed by atoms with van der Waals surface area (Å²) >= 11 is 0. The summed E-state index contributed by atoms with van der Waals surface area (Å²) < 4.78 is 5.49. The number of nitrogens with one attached hydrogen (secondary N) is 1. The van der Waals surface area contributed by atoms with Gasteiger partial charge in [-0.3, -0.25) is 0 Å². The SMILES string of the molecule is CCOc1cc(N2CCNCC2(C)C)nc(C)n1. The van der Waals surface area contributed by atoms with E-state index in [1.807, 2.05) is 19.9 Å². The molecule has 1 N–H and O–H groups in total. The van der Waals surface area contributed by atoms with Gasteiger partial charge >= 0.3 is 0 Å². The van der Waals surface area contributed by atoms with Crippen LogP contribution in [0.15, 0.2) is 6.07 Å². The summed E-state index contributed by atoms with van der Waals surface area (Å²) in [7, 11) is 0. The second kappa shape index (κ2) is 5.10. The molecule has 0 amide bonds. The highest BCUT2D eigenvalue weighted by Crippen LogP contribution is 2.25. The van der Waals surface area contributed by atoms with E-state index in [2.05, 4.69) is 34.0 Å². The zero-order valence-corrected chi connectivity index (χ0v) is 11.7. The molecule has 5 heteroatoms. The molecular weight excluding hydrogens is 228 g/mol. The van der Waals surface area contributed by atoms with Crippen LogP contribution in [0.4, 0.5) is 5.82 Å². The van der Waals surface area contributed by atoms with E-state index in [0.717, 1.165) is 31.3 Å². The maximum absolute atomic E-state index is 5.49. The summed E-state index contributed by atoms with van der Waals surface area (Å²) in [6.07, 6.45) is 0. The molecule has 1 aromatic rings. The lowest BCUT2D eigenvalue weighted by Gasteiger charge is -2.43. The van der Waals surface area contributed by atoms with Gasteiger partial charge in [0.15, 0.2) is 0 Å². The lowest BCUT2D eigenvalue weighted by Crippen LogP contribution is -2.58. The van der Waals surface area contributed by atoms with Crippen molar-refractivity contribution in [3.05, 3.63) is 11.9 Å². The van der Waals surface area contributed by atoms with E-state index in [9.17, 15) is 0 Å². The van der Waals surface area contributed by atoms with Crippen LogP contribution in [0.1, 0.15) is 26.6 Å². The number of aromatic nitrogens is 2. The topological polar surface area (TPSA) is 50.3 Å². The number of piperazine rings is 1. The monoisotopic (exact) mass is 250 g/mol. The van der Waals surface area contributed by atoms with Gasteiger partial charge in [-0.05, 0) is 27.7 Å². The number of rotatable bonds is 3. The number of nitrogens with zero attached hydrogens (tertiary/aromatic N) is 3. The molecule has 2 heterocycles. The Morgan fingerprint density at radius 1 is 1.44 bits per heavy atom. The molecule has 1 fully saturated rings. The minimum Gasteiger partial charge on any atom is -0.478 e. The fourth-order valence-corrected chi connectivity index (χ4v) is 2.29. The summed E-state index contributed by atoms with van der Waals surface area (Å²) in [4.78, 5) is 11.2. The molecule has 0 radical (unpaired) electrons. The van der Waals surface area contributed by atoms with Crippen LogP contribution in [0.5, 0.6) is 5.88 Å². The maximum atomic E-state index is 5.49. The highest BCUT2D eigenvalue weighted by molar-refractivity contribution is 5.45. The molecule has 100 valence electrons. The summed E-state index contributed by atoms with van der Waals surface area (Å²) in [6.45, 7) is 11.8. The van der Waals surface area contributed by atoms with Gasteiger partial charge in [0, 0.05) is 31.2 Å². The largest absolute Gasteiger partial charge is 0.478 e. The highest BCUT2D eigenvalue weighted by atomic mass is 16.5. The normalized spacial score (nSPS) is 18.8. The van der Waals surface area contributed by atoms with E-state index in [1.54, 1.807) is 0 Å². The van der Waals surface area contributed by atoms with Crippen molar-refractivity contribution >= 4 is 5.82 Å². The van der Waals surface area contributed by atoms with Crippen molar-refractivity contribution in [1.29, 1.82) is 0 Å². The molecule has 0 atom stereocenters. The second-order valence-corrected chi connectivity index (χ2v) is 5.19. The van der Waals surface area contributed by atoms with Crippen molar-refractivity contribution in [2.75, 3.05) is 31.1 Å². The van der Waals surface area contributed by atoms with E-state index < -0.39 is 0 Å². The smallest absolute Gasteiger partial charge is 0.218 e. The first kappa shape index (κ1) is 13.1. The van der Waals surface area contributed by atoms with Crippen molar-refractivity contribution < 1.29 is 4.74 Å². The molecule has 1 saturated heterocycles. The Morgan fingerprint density at radius 2 is 2.22 bits per heavy atom. The third kappa shape index (κ3) is 2.72. The Kier molecular flexibility index (Phi) is 3.71. The lowest BCUT2D eigenvalue weighted by atomic mass is 10.0. The summed E-state index contributed by atoms with van der Waals surface area (Å²) in [5.74, 6) is 2.37. The predicted molar refractivity (Wildman–Crippen MR) is 72.2 cm³/mol. The van der Waals surface area contributed by atoms with Crippen molar-refractivity contribution in [1.82, 2.24) is 15.3 Å². The second-order valence-electron chi connectivity index (χ2n) is 5.19. The fraction of sp³-hybridized carbons (Fsp3) is 0.692. The van der Waals surface area contributed by atoms with Crippen LogP contribution in [0.25, 0.3) is 0 Å². The molecule has 1 aliphatic heterocycles. The van der Waals surface area contributed by atoms with Gasteiger partial charge in [-0.15, -0.1) is 0 Å². The van der Waals surface area contributed by atoms with Crippen LogP contribution >= 0.6 is 0 Å². The number of aryl methyl sites for hydroxylation is 1. The van der Waals surface area contributed by atoms with Crippen LogP contribution < -0.4 is 15.0 Å².